The van der Waals surface area contributed by atoms with E-state index in [9.17, 15) is 4.79 Å². The molecule has 1 aromatic heterocycles. The number of nitrogens with zero attached hydrogens (tertiary/aromatic N) is 4. The van der Waals surface area contributed by atoms with Crippen LogP contribution in [0, 0.1) is 6.92 Å². The molecular weight excluding hydrogens is 400 g/mol. The lowest BCUT2D eigenvalue weighted by Gasteiger charge is -2.34. The van der Waals surface area contributed by atoms with Crippen molar-refractivity contribution in [3.8, 4) is 11.4 Å². The van der Waals surface area contributed by atoms with Crippen molar-refractivity contribution < 1.29 is 9.32 Å². The van der Waals surface area contributed by atoms with E-state index in [-0.39, 0.29) is 5.91 Å². The van der Waals surface area contributed by atoms with Crippen molar-refractivity contribution in [3.05, 3.63) is 70.6 Å². The second kappa shape index (κ2) is 9.41. The van der Waals surface area contributed by atoms with Gasteiger partial charge in [0.25, 0.3) is 5.91 Å². The molecule has 4 rings (SSSR count). The van der Waals surface area contributed by atoms with Gasteiger partial charge in [0.15, 0.2) is 0 Å². The first-order valence-corrected chi connectivity index (χ1v) is 10.6. The predicted octanol–water partition coefficient (Wildman–Crippen LogP) is 4.09. The molecule has 2 aromatic carbocycles. The van der Waals surface area contributed by atoms with E-state index in [0.717, 1.165) is 51.1 Å². The second-order valence-corrected chi connectivity index (χ2v) is 8.06. The fraction of sp³-hybridized carbons (Fsp3) is 0.348. The zero-order chi connectivity index (χ0) is 20.9. The summed E-state index contributed by atoms with van der Waals surface area (Å²) in [5.41, 5.74) is 2.82. The monoisotopic (exact) mass is 424 g/mol. The number of rotatable bonds is 6. The van der Waals surface area contributed by atoms with Crippen molar-refractivity contribution in [2.75, 3.05) is 32.7 Å². The molecule has 0 bridgehead atoms. The van der Waals surface area contributed by atoms with Crippen LogP contribution in [-0.4, -0.2) is 58.6 Å². The molecule has 0 N–H and O–H groups in total. The van der Waals surface area contributed by atoms with Crippen LogP contribution in [-0.2, 0) is 6.42 Å². The number of piperazine rings is 1. The normalized spacial score (nSPS) is 14.8. The van der Waals surface area contributed by atoms with Gasteiger partial charge in [0.2, 0.25) is 11.7 Å². The third-order valence-corrected chi connectivity index (χ3v) is 5.61. The number of benzene rings is 2. The highest BCUT2D eigenvalue weighted by molar-refractivity contribution is 6.30. The summed E-state index contributed by atoms with van der Waals surface area (Å²) in [6, 6.07) is 15.2. The van der Waals surface area contributed by atoms with E-state index < -0.39 is 0 Å². The summed E-state index contributed by atoms with van der Waals surface area (Å²) in [6.45, 7) is 6.18. The lowest BCUT2D eigenvalue weighted by Crippen LogP contribution is -2.48. The summed E-state index contributed by atoms with van der Waals surface area (Å²) in [5.74, 6) is 1.35. The first-order valence-electron chi connectivity index (χ1n) is 10.3. The number of hydrogen-bond acceptors (Lipinski definition) is 5. The van der Waals surface area contributed by atoms with Crippen molar-refractivity contribution in [2.24, 2.45) is 0 Å². The molecule has 3 aromatic rings. The fourth-order valence-corrected chi connectivity index (χ4v) is 3.80. The van der Waals surface area contributed by atoms with Crippen LogP contribution in [0.5, 0.6) is 0 Å². The minimum atomic E-state index is 0.0478. The summed E-state index contributed by atoms with van der Waals surface area (Å²) >= 11 is 6.01. The van der Waals surface area contributed by atoms with Crippen molar-refractivity contribution >= 4 is 17.5 Å². The van der Waals surface area contributed by atoms with Crippen LogP contribution in [0.4, 0.5) is 0 Å². The van der Waals surface area contributed by atoms with Crippen LogP contribution >= 0.6 is 11.6 Å². The van der Waals surface area contributed by atoms with Gasteiger partial charge in [-0.3, -0.25) is 9.69 Å². The number of hydrogen-bond donors (Lipinski definition) is 0. The molecule has 1 saturated heterocycles. The standard InChI is InChI=1S/C23H25ClN4O2/c1-17-7-9-18(10-8-17)22-25-21(30-26-22)6-3-11-27-12-14-28(15-13-27)23(29)19-4-2-5-20(24)16-19/h2,4-5,7-10,16H,3,6,11-15H2,1H3. The first-order chi connectivity index (χ1) is 14.6. The maximum Gasteiger partial charge on any atom is 0.253 e. The molecule has 1 aliphatic rings. The van der Waals surface area contributed by atoms with Crippen molar-refractivity contribution in [1.82, 2.24) is 19.9 Å². The largest absolute Gasteiger partial charge is 0.339 e. The molecule has 0 saturated carbocycles. The highest BCUT2D eigenvalue weighted by Crippen LogP contribution is 2.17. The van der Waals surface area contributed by atoms with E-state index in [1.54, 1.807) is 12.1 Å². The Morgan fingerprint density at radius 2 is 1.87 bits per heavy atom. The molecule has 7 heteroatoms. The number of aromatic nitrogens is 2. The number of carbonyl (C=O) groups excluding carboxylic acids is 1. The Kier molecular flexibility index (Phi) is 6.45. The molecule has 0 spiro atoms. The quantitative estimate of drug-likeness (QED) is 0.596. The molecule has 2 heterocycles. The van der Waals surface area contributed by atoms with Gasteiger partial charge in [0.1, 0.15) is 0 Å². The van der Waals surface area contributed by atoms with Crippen LogP contribution in [0.2, 0.25) is 5.02 Å². The Bertz CT molecular complexity index is 994. The van der Waals surface area contributed by atoms with E-state index in [0.29, 0.717) is 22.3 Å². The number of halogens is 1. The molecule has 0 aliphatic carbocycles. The highest BCUT2D eigenvalue weighted by atomic mass is 35.5. The van der Waals surface area contributed by atoms with Gasteiger partial charge in [0.05, 0.1) is 0 Å². The molecule has 0 radical (unpaired) electrons. The van der Waals surface area contributed by atoms with Gasteiger partial charge in [-0.25, -0.2) is 0 Å². The molecular formula is C23H25ClN4O2. The predicted molar refractivity (Wildman–Crippen MR) is 117 cm³/mol. The topological polar surface area (TPSA) is 62.5 Å². The smallest absolute Gasteiger partial charge is 0.253 e. The van der Waals surface area contributed by atoms with Crippen LogP contribution in [0.3, 0.4) is 0 Å². The van der Waals surface area contributed by atoms with E-state index >= 15 is 0 Å². The zero-order valence-electron chi connectivity index (χ0n) is 17.1. The van der Waals surface area contributed by atoms with Crippen molar-refractivity contribution in [3.63, 3.8) is 0 Å². The van der Waals surface area contributed by atoms with Gasteiger partial charge >= 0.3 is 0 Å². The average Bonchev–Trinajstić information content (AvgIpc) is 3.23. The van der Waals surface area contributed by atoms with E-state index in [1.165, 1.54) is 5.56 Å². The molecule has 1 amide bonds. The van der Waals surface area contributed by atoms with Crippen LogP contribution in [0.1, 0.15) is 28.2 Å². The summed E-state index contributed by atoms with van der Waals surface area (Å²) in [6.07, 6.45) is 1.69. The summed E-state index contributed by atoms with van der Waals surface area (Å²) in [7, 11) is 0. The SMILES string of the molecule is Cc1ccc(-c2noc(CCCN3CCN(C(=O)c4cccc(Cl)c4)CC3)n2)cc1. The van der Waals surface area contributed by atoms with Gasteiger partial charge in [0, 0.05) is 48.7 Å². The summed E-state index contributed by atoms with van der Waals surface area (Å²) in [4.78, 5) is 21.4. The summed E-state index contributed by atoms with van der Waals surface area (Å²) in [5, 5.41) is 4.68. The maximum absolute atomic E-state index is 12.6. The number of amides is 1. The molecule has 0 unspecified atom stereocenters. The van der Waals surface area contributed by atoms with Gasteiger partial charge in [-0.05, 0) is 38.1 Å². The van der Waals surface area contributed by atoms with E-state index in [1.807, 2.05) is 41.3 Å². The third kappa shape index (κ3) is 5.07. The fourth-order valence-electron chi connectivity index (χ4n) is 3.61. The van der Waals surface area contributed by atoms with Crippen LogP contribution in [0.15, 0.2) is 53.1 Å². The molecule has 156 valence electrons. The maximum atomic E-state index is 12.6. The second-order valence-electron chi connectivity index (χ2n) is 7.63. The molecule has 6 nitrogen and oxygen atoms in total. The van der Waals surface area contributed by atoms with E-state index in [4.69, 9.17) is 16.1 Å². The van der Waals surface area contributed by atoms with Gasteiger partial charge in [-0.15, -0.1) is 0 Å². The zero-order valence-corrected chi connectivity index (χ0v) is 17.8. The Balaban J connectivity index is 1.22. The first kappa shape index (κ1) is 20.6. The van der Waals surface area contributed by atoms with Gasteiger partial charge < -0.3 is 9.42 Å². The highest BCUT2D eigenvalue weighted by Gasteiger charge is 2.22. The van der Waals surface area contributed by atoms with Crippen molar-refractivity contribution in [1.29, 1.82) is 0 Å². The average molecular weight is 425 g/mol. The molecule has 30 heavy (non-hydrogen) atoms. The third-order valence-electron chi connectivity index (χ3n) is 5.37. The number of aryl methyl sites for hydroxylation is 2. The van der Waals surface area contributed by atoms with Crippen LogP contribution < -0.4 is 0 Å². The van der Waals surface area contributed by atoms with E-state index in [2.05, 4.69) is 22.0 Å². The lowest BCUT2D eigenvalue weighted by atomic mass is 10.1. The van der Waals surface area contributed by atoms with Gasteiger partial charge in [-0.1, -0.05) is 52.7 Å². The van der Waals surface area contributed by atoms with Crippen molar-refractivity contribution in [2.45, 2.75) is 19.8 Å². The molecule has 1 aliphatic heterocycles. The molecule has 1 fully saturated rings. The van der Waals surface area contributed by atoms with Crippen LogP contribution in [0.25, 0.3) is 11.4 Å². The Labute approximate surface area is 181 Å². The Hall–Kier alpha value is -2.70. The Morgan fingerprint density at radius 1 is 1.10 bits per heavy atom. The van der Waals surface area contributed by atoms with Gasteiger partial charge in [-0.2, -0.15) is 4.98 Å². The Morgan fingerprint density at radius 3 is 2.60 bits per heavy atom. The lowest BCUT2D eigenvalue weighted by molar-refractivity contribution is 0.0635. The minimum absolute atomic E-state index is 0.0478. The summed E-state index contributed by atoms with van der Waals surface area (Å²) < 4.78 is 5.40. The number of carbonyl (C=O) groups is 1. The molecule has 0 atom stereocenters. The minimum Gasteiger partial charge on any atom is -0.339 e.